The number of hydrogen-bond acceptors (Lipinski definition) is 15. The summed E-state index contributed by atoms with van der Waals surface area (Å²) in [7, 11) is 0. The predicted molar refractivity (Wildman–Crippen MR) is 162 cm³/mol. The van der Waals surface area contributed by atoms with Crippen LogP contribution in [0.25, 0.3) is 0 Å². The van der Waals surface area contributed by atoms with Gasteiger partial charge in [0.1, 0.15) is 12.9 Å². The van der Waals surface area contributed by atoms with Gasteiger partial charge in [-0.3, -0.25) is 14.5 Å². The van der Waals surface area contributed by atoms with Crippen LogP contribution in [0.2, 0.25) is 0 Å². The van der Waals surface area contributed by atoms with Gasteiger partial charge >= 0.3 is 0 Å². The Hall–Kier alpha value is -1.93. The highest BCUT2D eigenvalue weighted by Crippen LogP contribution is 2.02. The van der Waals surface area contributed by atoms with E-state index in [1.54, 1.807) is 0 Å². The second-order valence-corrected chi connectivity index (χ2v) is 9.14. The highest BCUT2D eigenvalue weighted by molar-refractivity contribution is 6.12. The normalized spacial score (nSPS) is 13.0. The Balaban J connectivity index is 1.62. The zero-order chi connectivity index (χ0) is 33.0. The Kier molecular flexibility index (Phi) is 31.5. The summed E-state index contributed by atoms with van der Waals surface area (Å²) < 4.78 is 64.5. The van der Waals surface area contributed by atoms with Gasteiger partial charge in [-0.1, -0.05) is 0 Å². The fourth-order valence-electron chi connectivity index (χ4n) is 3.36. The molecule has 0 spiro atoms. The first-order chi connectivity index (χ1) is 22.8. The third kappa shape index (κ3) is 28.3. The van der Waals surface area contributed by atoms with Crippen LogP contribution in [0.15, 0.2) is 12.2 Å². The molecule has 0 N–H and O–H groups in total. The average molecular weight is 668 g/mol. The summed E-state index contributed by atoms with van der Waals surface area (Å²) in [5, 5.41) is 0. The summed E-state index contributed by atoms with van der Waals surface area (Å²) in [5.41, 5.74) is 0. The fourth-order valence-corrected chi connectivity index (χ4v) is 3.36. The fraction of sp³-hybridized carbons (Fsp3) is 0.833. The molecule has 1 heterocycles. The van der Waals surface area contributed by atoms with Gasteiger partial charge in [-0.25, -0.2) is 0 Å². The molecule has 1 aliphatic heterocycles. The molecule has 268 valence electrons. The number of carbonyl (C=O) groups excluding carboxylic acids is 3. The van der Waals surface area contributed by atoms with E-state index in [4.69, 9.17) is 56.8 Å². The van der Waals surface area contributed by atoms with E-state index in [1.165, 1.54) is 12.2 Å². The average Bonchev–Trinajstić information content (AvgIpc) is 3.38. The van der Waals surface area contributed by atoms with Crippen molar-refractivity contribution in [1.82, 2.24) is 4.90 Å². The molecule has 0 atom stereocenters. The number of aldehydes is 1. The lowest BCUT2D eigenvalue weighted by Crippen LogP contribution is -2.33. The van der Waals surface area contributed by atoms with Crippen molar-refractivity contribution in [3.8, 4) is 0 Å². The molecule has 0 unspecified atom stereocenters. The summed E-state index contributed by atoms with van der Waals surface area (Å²) in [6, 6.07) is 0. The number of imide groups is 1. The number of ether oxygens (including phenoxy) is 12. The molecule has 1 rings (SSSR count). The van der Waals surface area contributed by atoms with Gasteiger partial charge in [-0.2, -0.15) is 0 Å². The van der Waals surface area contributed by atoms with Gasteiger partial charge in [0.25, 0.3) is 11.8 Å². The molecule has 0 aromatic rings. The third-order valence-corrected chi connectivity index (χ3v) is 5.64. The van der Waals surface area contributed by atoms with Gasteiger partial charge in [0, 0.05) is 12.2 Å². The van der Waals surface area contributed by atoms with E-state index in [0.717, 1.165) is 4.90 Å². The van der Waals surface area contributed by atoms with Crippen LogP contribution in [0.5, 0.6) is 0 Å². The Bertz CT molecular complexity index is 725. The van der Waals surface area contributed by atoms with Gasteiger partial charge in [-0.05, 0) is 0 Å². The lowest BCUT2D eigenvalue weighted by Gasteiger charge is -2.13. The second-order valence-electron chi connectivity index (χ2n) is 9.14. The van der Waals surface area contributed by atoms with Gasteiger partial charge in [0.2, 0.25) is 0 Å². The van der Waals surface area contributed by atoms with E-state index in [9.17, 15) is 14.4 Å². The van der Waals surface area contributed by atoms with Crippen LogP contribution in [0.4, 0.5) is 0 Å². The van der Waals surface area contributed by atoms with Gasteiger partial charge in [-0.15, -0.1) is 0 Å². The quantitative estimate of drug-likeness (QED) is 0.0461. The zero-order valence-electron chi connectivity index (χ0n) is 27.0. The lowest BCUT2D eigenvalue weighted by molar-refractivity contribution is -0.137. The Morgan fingerprint density at radius 2 is 0.587 bits per heavy atom. The van der Waals surface area contributed by atoms with Crippen LogP contribution in [0.3, 0.4) is 0 Å². The SMILES string of the molecule is O=CCOCCOCCOCCOCCOCCOCCOCCOCCOCCOCCOCCOCCN1C(=O)C=CC1=O. The van der Waals surface area contributed by atoms with Crippen LogP contribution < -0.4 is 0 Å². The number of carbonyl (C=O) groups is 3. The second kappa shape index (κ2) is 34.4. The maximum absolute atomic E-state index is 11.4. The first-order valence-corrected chi connectivity index (χ1v) is 15.7. The van der Waals surface area contributed by atoms with Crippen molar-refractivity contribution in [1.29, 1.82) is 0 Å². The van der Waals surface area contributed by atoms with Crippen LogP contribution in [-0.4, -0.2) is 188 Å². The predicted octanol–water partition coefficient (Wildman–Crippen LogP) is -0.690. The number of rotatable bonds is 38. The maximum atomic E-state index is 11.4. The molecule has 0 radical (unpaired) electrons. The molecule has 46 heavy (non-hydrogen) atoms. The van der Waals surface area contributed by atoms with Crippen molar-refractivity contribution in [3.05, 3.63) is 12.2 Å². The summed E-state index contributed by atoms with van der Waals surface area (Å²) in [6.45, 7) is 10.8. The Labute approximate surface area is 271 Å². The molecule has 2 amide bonds. The maximum Gasteiger partial charge on any atom is 0.253 e. The summed E-state index contributed by atoms with van der Waals surface area (Å²) in [4.78, 5) is 34.0. The van der Waals surface area contributed by atoms with E-state index >= 15 is 0 Å². The number of hydrogen-bond donors (Lipinski definition) is 0. The summed E-state index contributed by atoms with van der Waals surface area (Å²) in [6.07, 6.45) is 3.21. The molecular formula is C30H53NO15. The molecule has 0 saturated carbocycles. The number of amides is 2. The van der Waals surface area contributed by atoms with Crippen LogP contribution in [0, 0.1) is 0 Å². The molecule has 0 fully saturated rings. The van der Waals surface area contributed by atoms with Crippen molar-refractivity contribution >= 4 is 18.1 Å². The molecule has 0 bridgehead atoms. The first kappa shape index (κ1) is 42.1. The van der Waals surface area contributed by atoms with E-state index in [-0.39, 0.29) is 31.6 Å². The highest BCUT2D eigenvalue weighted by atomic mass is 16.6. The molecule has 0 aliphatic carbocycles. The van der Waals surface area contributed by atoms with Crippen molar-refractivity contribution in [2.24, 2.45) is 0 Å². The molecule has 16 nitrogen and oxygen atoms in total. The van der Waals surface area contributed by atoms with Crippen LogP contribution in [-0.2, 0) is 71.2 Å². The van der Waals surface area contributed by atoms with Crippen LogP contribution in [0.1, 0.15) is 0 Å². The first-order valence-electron chi connectivity index (χ1n) is 15.7. The lowest BCUT2D eigenvalue weighted by atomic mass is 10.5. The minimum atomic E-state index is -0.309. The summed E-state index contributed by atoms with van der Waals surface area (Å²) in [5.74, 6) is -0.619. The highest BCUT2D eigenvalue weighted by Gasteiger charge is 2.22. The third-order valence-electron chi connectivity index (χ3n) is 5.64. The van der Waals surface area contributed by atoms with Gasteiger partial charge < -0.3 is 61.6 Å². The molecule has 1 aliphatic rings. The minimum Gasteiger partial charge on any atom is -0.377 e. The standard InChI is InChI=1S/C30H53NO15/c32-4-6-36-8-10-38-12-14-40-16-18-42-20-22-44-24-26-46-28-27-45-25-23-43-21-19-41-17-15-39-13-11-37-9-7-35-5-3-31-29(33)1-2-30(31)34/h1-2,4H,3,5-28H2. The van der Waals surface area contributed by atoms with Crippen LogP contribution >= 0.6 is 0 Å². The molecule has 0 aromatic heterocycles. The molecule has 16 heteroatoms. The van der Waals surface area contributed by atoms with E-state index in [2.05, 4.69) is 0 Å². The topological polar surface area (TPSA) is 165 Å². The van der Waals surface area contributed by atoms with E-state index in [0.29, 0.717) is 152 Å². The van der Waals surface area contributed by atoms with Crippen molar-refractivity contribution in [2.45, 2.75) is 0 Å². The monoisotopic (exact) mass is 667 g/mol. The van der Waals surface area contributed by atoms with Gasteiger partial charge in [0.05, 0.1) is 159 Å². The van der Waals surface area contributed by atoms with Crippen molar-refractivity contribution < 1.29 is 71.2 Å². The van der Waals surface area contributed by atoms with Gasteiger partial charge in [0.15, 0.2) is 0 Å². The minimum absolute atomic E-state index is 0.0932. The summed E-state index contributed by atoms with van der Waals surface area (Å²) >= 11 is 0. The molecule has 0 aromatic carbocycles. The number of nitrogens with zero attached hydrogens (tertiary/aromatic N) is 1. The largest absolute Gasteiger partial charge is 0.377 e. The smallest absolute Gasteiger partial charge is 0.253 e. The Morgan fingerprint density at radius 1 is 0.370 bits per heavy atom. The molecular weight excluding hydrogens is 614 g/mol. The molecule has 0 saturated heterocycles. The van der Waals surface area contributed by atoms with E-state index in [1.807, 2.05) is 0 Å². The zero-order valence-corrected chi connectivity index (χ0v) is 27.0. The van der Waals surface area contributed by atoms with Crippen molar-refractivity contribution in [3.63, 3.8) is 0 Å². The van der Waals surface area contributed by atoms with Crippen molar-refractivity contribution in [2.75, 3.05) is 165 Å². The van der Waals surface area contributed by atoms with E-state index < -0.39 is 0 Å². The Morgan fingerprint density at radius 3 is 0.826 bits per heavy atom.